The number of carbonyl (C=O) groups is 1. The van der Waals surface area contributed by atoms with Crippen LogP contribution in [0.1, 0.15) is 39.3 Å². The van der Waals surface area contributed by atoms with E-state index in [0.29, 0.717) is 18.0 Å². The largest absolute Gasteiger partial charge is 0.480 e. The molecule has 0 fully saturated rings. The van der Waals surface area contributed by atoms with Crippen LogP contribution in [0.4, 0.5) is 0 Å². The van der Waals surface area contributed by atoms with Gasteiger partial charge in [0, 0.05) is 38.1 Å². The highest BCUT2D eigenvalue weighted by Gasteiger charge is 2.23. The van der Waals surface area contributed by atoms with Gasteiger partial charge in [0.1, 0.15) is 5.56 Å². The van der Waals surface area contributed by atoms with Crippen LogP contribution < -0.4 is 4.74 Å². The predicted molar refractivity (Wildman–Crippen MR) is 86.6 cm³/mol. The summed E-state index contributed by atoms with van der Waals surface area (Å²) < 4.78 is 7.11. The van der Waals surface area contributed by atoms with Gasteiger partial charge in [0.15, 0.2) is 0 Å². The SMILES string of the molecule is COc1nc2c(cc1C(=O)N(C)Cc1cn(C)nc1C)CCC2. The first kappa shape index (κ1) is 15.5. The second-order valence-electron chi connectivity index (χ2n) is 6.08. The second kappa shape index (κ2) is 6.02. The number of carbonyl (C=O) groups excluding carboxylic acids is 1. The number of ether oxygens (including phenoxy) is 1. The lowest BCUT2D eigenvalue weighted by Gasteiger charge is -2.18. The van der Waals surface area contributed by atoms with E-state index in [0.717, 1.165) is 36.2 Å². The average Bonchev–Trinajstić information content (AvgIpc) is 3.10. The van der Waals surface area contributed by atoms with Gasteiger partial charge < -0.3 is 9.64 Å². The number of aryl methyl sites for hydroxylation is 4. The van der Waals surface area contributed by atoms with E-state index < -0.39 is 0 Å². The predicted octanol–water partition coefficient (Wildman–Crippen LogP) is 1.89. The third-order valence-electron chi connectivity index (χ3n) is 4.31. The van der Waals surface area contributed by atoms with Crippen molar-refractivity contribution in [3.05, 3.63) is 40.3 Å². The molecule has 6 nitrogen and oxygen atoms in total. The Bertz CT molecular complexity index is 751. The third-order valence-corrected chi connectivity index (χ3v) is 4.31. The van der Waals surface area contributed by atoms with Crippen LogP contribution in [-0.2, 0) is 26.4 Å². The quantitative estimate of drug-likeness (QED) is 0.865. The highest BCUT2D eigenvalue weighted by atomic mass is 16.5. The molecule has 0 spiro atoms. The van der Waals surface area contributed by atoms with Crippen LogP contribution in [0.25, 0.3) is 0 Å². The molecule has 0 atom stereocenters. The van der Waals surface area contributed by atoms with Crippen LogP contribution in [-0.4, -0.2) is 39.7 Å². The number of hydrogen-bond donors (Lipinski definition) is 0. The van der Waals surface area contributed by atoms with Crippen molar-refractivity contribution in [2.24, 2.45) is 7.05 Å². The van der Waals surface area contributed by atoms with E-state index in [4.69, 9.17) is 4.74 Å². The van der Waals surface area contributed by atoms with Crippen molar-refractivity contribution < 1.29 is 9.53 Å². The van der Waals surface area contributed by atoms with Gasteiger partial charge in [-0.25, -0.2) is 4.98 Å². The van der Waals surface area contributed by atoms with Crippen LogP contribution in [0.3, 0.4) is 0 Å². The van der Waals surface area contributed by atoms with Crippen LogP contribution in [0, 0.1) is 6.92 Å². The lowest BCUT2D eigenvalue weighted by molar-refractivity contribution is 0.0780. The van der Waals surface area contributed by atoms with Gasteiger partial charge in [-0.05, 0) is 37.8 Å². The molecule has 2 aromatic rings. The number of pyridine rings is 1. The molecule has 122 valence electrons. The molecule has 23 heavy (non-hydrogen) atoms. The smallest absolute Gasteiger partial charge is 0.259 e. The van der Waals surface area contributed by atoms with Gasteiger partial charge in [0.05, 0.1) is 12.8 Å². The molecule has 0 saturated carbocycles. The minimum Gasteiger partial charge on any atom is -0.480 e. The maximum absolute atomic E-state index is 12.8. The molecular formula is C17H22N4O2. The topological polar surface area (TPSA) is 60.2 Å². The van der Waals surface area contributed by atoms with Gasteiger partial charge in [-0.1, -0.05) is 0 Å². The molecule has 0 aliphatic heterocycles. The monoisotopic (exact) mass is 314 g/mol. The van der Waals surface area contributed by atoms with Gasteiger partial charge >= 0.3 is 0 Å². The summed E-state index contributed by atoms with van der Waals surface area (Å²) >= 11 is 0. The first-order valence-electron chi connectivity index (χ1n) is 7.81. The van der Waals surface area contributed by atoms with E-state index >= 15 is 0 Å². The molecule has 1 aliphatic rings. The van der Waals surface area contributed by atoms with Crippen molar-refractivity contribution in [3.8, 4) is 5.88 Å². The zero-order valence-electron chi connectivity index (χ0n) is 14.1. The average molecular weight is 314 g/mol. The molecule has 2 heterocycles. The van der Waals surface area contributed by atoms with E-state index in [-0.39, 0.29) is 5.91 Å². The van der Waals surface area contributed by atoms with Crippen molar-refractivity contribution in [2.45, 2.75) is 32.7 Å². The minimum atomic E-state index is -0.0766. The number of amides is 1. The number of aromatic nitrogens is 3. The first-order valence-corrected chi connectivity index (χ1v) is 7.81. The Morgan fingerprint density at radius 3 is 2.87 bits per heavy atom. The fourth-order valence-corrected chi connectivity index (χ4v) is 3.10. The summed E-state index contributed by atoms with van der Waals surface area (Å²) in [6.45, 7) is 2.46. The van der Waals surface area contributed by atoms with Crippen molar-refractivity contribution in [1.82, 2.24) is 19.7 Å². The maximum atomic E-state index is 12.8. The van der Waals surface area contributed by atoms with Gasteiger partial charge in [-0.15, -0.1) is 0 Å². The van der Waals surface area contributed by atoms with Gasteiger partial charge in [-0.3, -0.25) is 9.48 Å². The minimum absolute atomic E-state index is 0.0766. The Morgan fingerprint density at radius 2 is 2.22 bits per heavy atom. The lowest BCUT2D eigenvalue weighted by atomic mass is 10.1. The highest BCUT2D eigenvalue weighted by Crippen LogP contribution is 2.27. The number of methoxy groups -OCH3 is 1. The zero-order valence-corrected chi connectivity index (χ0v) is 14.1. The molecule has 0 unspecified atom stereocenters. The summed E-state index contributed by atoms with van der Waals surface area (Å²) in [6.07, 6.45) is 4.98. The van der Waals surface area contributed by atoms with Crippen LogP contribution in [0.2, 0.25) is 0 Å². The van der Waals surface area contributed by atoms with E-state index in [1.165, 1.54) is 5.56 Å². The van der Waals surface area contributed by atoms with Crippen molar-refractivity contribution >= 4 is 5.91 Å². The number of fused-ring (bicyclic) bond motifs is 1. The Labute approximate surface area is 136 Å². The number of rotatable bonds is 4. The van der Waals surface area contributed by atoms with Gasteiger partial charge in [-0.2, -0.15) is 5.10 Å². The lowest BCUT2D eigenvalue weighted by Crippen LogP contribution is -2.27. The Kier molecular flexibility index (Phi) is 4.07. The summed E-state index contributed by atoms with van der Waals surface area (Å²) in [5, 5.41) is 4.32. The van der Waals surface area contributed by atoms with Gasteiger partial charge in [0.25, 0.3) is 5.91 Å². The molecule has 0 N–H and O–H groups in total. The van der Waals surface area contributed by atoms with Crippen molar-refractivity contribution in [1.29, 1.82) is 0 Å². The zero-order chi connectivity index (χ0) is 16.6. The Balaban J connectivity index is 1.86. The Hall–Kier alpha value is -2.37. The number of hydrogen-bond acceptors (Lipinski definition) is 4. The summed E-state index contributed by atoms with van der Waals surface area (Å²) in [7, 11) is 5.24. The molecule has 0 aromatic carbocycles. The molecule has 0 radical (unpaired) electrons. The molecule has 1 amide bonds. The molecule has 0 bridgehead atoms. The maximum Gasteiger partial charge on any atom is 0.259 e. The summed E-state index contributed by atoms with van der Waals surface area (Å²) in [5.41, 5.74) is 4.74. The van der Waals surface area contributed by atoms with Crippen molar-refractivity contribution in [3.63, 3.8) is 0 Å². The first-order chi connectivity index (χ1) is 11.0. The summed E-state index contributed by atoms with van der Waals surface area (Å²) in [6, 6.07) is 1.95. The summed E-state index contributed by atoms with van der Waals surface area (Å²) in [5.74, 6) is 0.345. The fraction of sp³-hybridized carbons (Fsp3) is 0.471. The summed E-state index contributed by atoms with van der Waals surface area (Å²) in [4.78, 5) is 19.0. The number of nitrogens with zero attached hydrogens (tertiary/aromatic N) is 4. The van der Waals surface area contributed by atoms with E-state index in [9.17, 15) is 4.79 Å². The van der Waals surface area contributed by atoms with Crippen molar-refractivity contribution in [2.75, 3.05) is 14.2 Å². The van der Waals surface area contributed by atoms with Crippen LogP contribution >= 0.6 is 0 Å². The van der Waals surface area contributed by atoms with Crippen LogP contribution in [0.5, 0.6) is 5.88 Å². The molecule has 6 heteroatoms. The van der Waals surface area contributed by atoms with E-state index in [1.54, 1.807) is 23.7 Å². The highest BCUT2D eigenvalue weighted by molar-refractivity contribution is 5.96. The molecule has 1 aliphatic carbocycles. The van der Waals surface area contributed by atoms with Gasteiger partial charge in [0.2, 0.25) is 5.88 Å². The standard InChI is InChI=1S/C17H22N4O2/c1-11-13(10-21(3)19-11)9-20(2)17(22)14-8-12-6-5-7-15(12)18-16(14)23-4/h8,10H,5-7,9H2,1-4H3. The Morgan fingerprint density at radius 1 is 1.43 bits per heavy atom. The van der Waals surface area contributed by atoms with E-state index in [2.05, 4.69) is 10.1 Å². The molecule has 3 rings (SSSR count). The third kappa shape index (κ3) is 2.93. The normalized spacial score (nSPS) is 13.0. The van der Waals surface area contributed by atoms with Crippen LogP contribution in [0.15, 0.2) is 12.3 Å². The second-order valence-corrected chi connectivity index (χ2v) is 6.08. The molecule has 0 saturated heterocycles. The van der Waals surface area contributed by atoms with E-state index in [1.807, 2.05) is 26.2 Å². The molecule has 2 aromatic heterocycles. The fourth-order valence-electron chi connectivity index (χ4n) is 3.10. The molecular weight excluding hydrogens is 292 g/mol.